The molecule has 0 bridgehead atoms. The molecule has 1 heterocycles. The number of nitrogens with zero attached hydrogens (tertiary/aromatic N) is 2. The Labute approximate surface area is 169 Å². The number of aromatic amines is 1. The van der Waals surface area contributed by atoms with Crippen LogP contribution in [0.5, 0.6) is 5.88 Å². The predicted octanol–water partition coefficient (Wildman–Crippen LogP) is 3.33. The zero-order valence-electron chi connectivity index (χ0n) is 14.6. The largest absolute Gasteiger partial charge is 0.494 e. The maximum Gasteiger partial charge on any atom is 0.272 e. The SMILES string of the molecule is Cc1ccc(-n2c(O)c(/C=N/NC(=O)c3ccccc3Cl)c(=O)[nH]c2=S)cc1. The quantitative estimate of drug-likeness (QED) is 0.346. The van der Waals surface area contributed by atoms with Crippen molar-refractivity contribution in [3.63, 3.8) is 0 Å². The van der Waals surface area contributed by atoms with Crippen molar-refractivity contribution in [2.75, 3.05) is 0 Å². The van der Waals surface area contributed by atoms with Gasteiger partial charge in [-0.05, 0) is 43.4 Å². The molecule has 2 aromatic carbocycles. The Morgan fingerprint density at radius 1 is 1.25 bits per heavy atom. The molecule has 0 saturated carbocycles. The van der Waals surface area contributed by atoms with Crippen molar-refractivity contribution >= 4 is 35.9 Å². The number of aromatic nitrogens is 2. The summed E-state index contributed by atoms with van der Waals surface area (Å²) in [6, 6.07) is 13.7. The molecule has 0 spiro atoms. The fourth-order valence-corrected chi connectivity index (χ4v) is 2.96. The smallest absolute Gasteiger partial charge is 0.272 e. The molecule has 3 rings (SSSR count). The van der Waals surface area contributed by atoms with Crippen LogP contribution >= 0.6 is 23.8 Å². The molecule has 0 aliphatic rings. The summed E-state index contributed by atoms with van der Waals surface area (Å²) in [5, 5.41) is 14.6. The number of benzene rings is 2. The molecule has 1 amide bonds. The van der Waals surface area contributed by atoms with Crippen LogP contribution in [-0.2, 0) is 0 Å². The van der Waals surface area contributed by atoms with Gasteiger partial charge in [0.25, 0.3) is 11.5 Å². The lowest BCUT2D eigenvalue weighted by Gasteiger charge is -2.11. The van der Waals surface area contributed by atoms with Gasteiger partial charge in [0.1, 0.15) is 5.56 Å². The lowest BCUT2D eigenvalue weighted by Crippen LogP contribution is -2.21. The lowest BCUT2D eigenvalue weighted by atomic mass is 10.2. The number of amides is 1. The highest BCUT2D eigenvalue weighted by Gasteiger charge is 2.13. The van der Waals surface area contributed by atoms with Gasteiger partial charge in [-0.15, -0.1) is 0 Å². The van der Waals surface area contributed by atoms with Crippen LogP contribution in [0.1, 0.15) is 21.5 Å². The molecule has 9 heteroatoms. The Morgan fingerprint density at radius 2 is 1.93 bits per heavy atom. The second-order valence-electron chi connectivity index (χ2n) is 5.85. The molecule has 3 N–H and O–H groups in total. The molecule has 1 aromatic heterocycles. The third kappa shape index (κ3) is 4.03. The number of halogens is 1. The fraction of sp³-hybridized carbons (Fsp3) is 0.0526. The van der Waals surface area contributed by atoms with Crippen molar-refractivity contribution in [3.05, 3.63) is 85.4 Å². The summed E-state index contributed by atoms with van der Waals surface area (Å²) in [4.78, 5) is 26.8. The zero-order valence-corrected chi connectivity index (χ0v) is 16.2. The van der Waals surface area contributed by atoms with Gasteiger partial charge in [-0.25, -0.2) is 5.43 Å². The van der Waals surface area contributed by atoms with Crippen LogP contribution in [0.25, 0.3) is 5.69 Å². The predicted molar refractivity (Wildman–Crippen MR) is 110 cm³/mol. The number of nitrogens with one attached hydrogen (secondary N) is 2. The summed E-state index contributed by atoms with van der Waals surface area (Å²) in [5.74, 6) is -0.947. The Hall–Kier alpha value is -3.23. The number of rotatable bonds is 4. The Bertz CT molecular complexity index is 1180. The Balaban J connectivity index is 1.93. The van der Waals surface area contributed by atoms with Gasteiger partial charge < -0.3 is 5.11 Å². The van der Waals surface area contributed by atoms with Crippen LogP contribution in [0.4, 0.5) is 0 Å². The average molecular weight is 415 g/mol. The van der Waals surface area contributed by atoms with Crippen LogP contribution in [0.3, 0.4) is 0 Å². The minimum atomic E-state index is -0.637. The molecular weight excluding hydrogens is 400 g/mol. The van der Waals surface area contributed by atoms with Gasteiger partial charge in [0.2, 0.25) is 5.88 Å². The Morgan fingerprint density at radius 3 is 2.61 bits per heavy atom. The molecule has 0 aliphatic carbocycles. The number of hydrogen-bond acceptors (Lipinski definition) is 5. The highest BCUT2D eigenvalue weighted by molar-refractivity contribution is 7.71. The molecule has 3 aromatic rings. The molecule has 7 nitrogen and oxygen atoms in total. The van der Waals surface area contributed by atoms with E-state index in [1.54, 1.807) is 30.3 Å². The average Bonchev–Trinajstić information content (AvgIpc) is 2.66. The number of aromatic hydroxyl groups is 1. The number of H-pyrrole nitrogens is 1. The van der Waals surface area contributed by atoms with E-state index in [9.17, 15) is 14.7 Å². The van der Waals surface area contributed by atoms with Crippen LogP contribution in [-0.4, -0.2) is 26.8 Å². The van der Waals surface area contributed by atoms with E-state index in [4.69, 9.17) is 23.8 Å². The van der Waals surface area contributed by atoms with Crippen molar-refractivity contribution in [2.45, 2.75) is 6.92 Å². The maximum atomic E-state index is 12.2. The highest BCUT2D eigenvalue weighted by atomic mass is 35.5. The molecule has 0 unspecified atom stereocenters. The standard InChI is InChI=1S/C19H15ClN4O3S/c1-11-6-8-12(9-7-11)24-18(27)14(16(25)22-19(24)28)10-21-23-17(26)13-4-2-3-5-15(13)20/h2-10,27H,1H3,(H,23,26)(H,22,25,28)/b21-10+. The van der Waals surface area contributed by atoms with E-state index in [0.29, 0.717) is 5.69 Å². The van der Waals surface area contributed by atoms with Crippen molar-refractivity contribution in [1.82, 2.24) is 15.0 Å². The number of aryl methyl sites for hydroxylation is 1. The molecule has 142 valence electrons. The van der Waals surface area contributed by atoms with E-state index in [1.165, 1.54) is 10.6 Å². The first-order chi connectivity index (χ1) is 13.4. The number of hydrazone groups is 1. The van der Waals surface area contributed by atoms with Gasteiger partial charge in [-0.1, -0.05) is 41.4 Å². The molecular formula is C19H15ClN4O3S. The first kappa shape index (κ1) is 19.5. The summed E-state index contributed by atoms with van der Waals surface area (Å²) in [6.07, 6.45) is 1.04. The van der Waals surface area contributed by atoms with Crippen LogP contribution < -0.4 is 11.0 Å². The van der Waals surface area contributed by atoms with Crippen molar-refractivity contribution in [1.29, 1.82) is 0 Å². The summed E-state index contributed by atoms with van der Waals surface area (Å²) in [6.45, 7) is 1.93. The van der Waals surface area contributed by atoms with Gasteiger partial charge in [0.15, 0.2) is 4.77 Å². The fourth-order valence-electron chi connectivity index (χ4n) is 2.45. The molecule has 0 saturated heterocycles. The molecule has 0 atom stereocenters. The molecule has 28 heavy (non-hydrogen) atoms. The van der Waals surface area contributed by atoms with Gasteiger partial charge in [-0.2, -0.15) is 5.10 Å². The van der Waals surface area contributed by atoms with Crippen molar-refractivity contribution < 1.29 is 9.90 Å². The topological polar surface area (TPSA) is 99.5 Å². The third-order valence-electron chi connectivity index (χ3n) is 3.89. The van der Waals surface area contributed by atoms with Gasteiger partial charge >= 0.3 is 0 Å². The Kier molecular flexibility index (Phi) is 5.72. The van der Waals surface area contributed by atoms with E-state index in [0.717, 1.165) is 11.8 Å². The van der Waals surface area contributed by atoms with E-state index in [-0.39, 0.29) is 20.9 Å². The summed E-state index contributed by atoms with van der Waals surface area (Å²) >= 11 is 11.1. The summed E-state index contributed by atoms with van der Waals surface area (Å²) in [7, 11) is 0. The first-order valence-corrected chi connectivity index (χ1v) is 8.90. The van der Waals surface area contributed by atoms with Gasteiger partial charge in [0, 0.05) is 0 Å². The minimum Gasteiger partial charge on any atom is -0.494 e. The van der Waals surface area contributed by atoms with Gasteiger partial charge in [-0.3, -0.25) is 19.1 Å². The second kappa shape index (κ2) is 8.20. The minimum absolute atomic E-state index is 0.0311. The molecule has 0 radical (unpaired) electrons. The van der Waals surface area contributed by atoms with E-state index < -0.39 is 17.3 Å². The molecule has 0 fully saturated rings. The van der Waals surface area contributed by atoms with Crippen molar-refractivity contribution in [3.8, 4) is 11.6 Å². The van der Waals surface area contributed by atoms with E-state index in [1.807, 2.05) is 19.1 Å². The van der Waals surface area contributed by atoms with E-state index in [2.05, 4.69) is 15.5 Å². The highest BCUT2D eigenvalue weighted by Crippen LogP contribution is 2.19. The van der Waals surface area contributed by atoms with E-state index >= 15 is 0 Å². The summed E-state index contributed by atoms with van der Waals surface area (Å²) < 4.78 is 1.33. The third-order valence-corrected chi connectivity index (χ3v) is 4.51. The molecule has 0 aliphatic heterocycles. The second-order valence-corrected chi connectivity index (χ2v) is 6.64. The van der Waals surface area contributed by atoms with Crippen LogP contribution in [0.15, 0.2) is 58.4 Å². The maximum absolute atomic E-state index is 12.2. The lowest BCUT2D eigenvalue weighted by molar-refractivity contribution is 0.0955. The van der Waals surface area contributed by atoms with Crippen molar-refractivity contribution in [2.24, 2.45) is 5.10 Å². The number of carbonyl (C=O) groups is 1. The summed E-state index contributed by atoms with van der Waals surface area (Å²) in [5.41, 5.74) is 3.31. The zero-order chi connectivity index (χ0) is 20.3. The van der Waals surface area contributed by atoms with Crippen LogP contribution in [0.2, 0.25) is 5.02 Å². The first-order valence-electron chi connectivity index (χ1n) is 8.11. The monoisotopic (exact) mass is 414 g/mol. The normalized spacial score (nSPS) is 10.9. The number of carbonyl (C=O) groups excluding carboxylic acids is 1. The van der Waals surface area contributed by atoms with Gasteiger partial charge in [0.05, 0.1) is 22.5 Å². The van der Waals surface area contributed by atoms with Crippen LogP contribution in [0, 0.1) is 11.7 Å². The number of hydrogen-bond donors (Lipinski definition) is 3.